The first-order valence-electron chi connectivity index (χ1n) is 7.23. The smallest absolute Gasteiger partial charge is 0.297 e. The molecule has 2 aliphatic rings. The molecule has 0 spiro atoms. The van der Waals surface area contributed by atoms with Gasteiger partial charge in [0, 0.05) is 24.7 Å². The molecule has 7 nitrogen and oxygen atoms in total. The molecular formula is C14H17NO6S. The molecule has 0 unspecified atom stereocenters. The standard InChI is InChI=1S/C14H17NO6S/c16-15(17)11-4-6-12(7-5-11)22(18,19)21-14-3-1-2-10-8-20-9-13(10)14/h4-7,10,13-14H,1-3,8-9H2/t10-,13-,14-/m1/s1. The number of ether oxygens (including phenoxy) is 1. The Labute approximate surface area is 128 Å². The van der Waals surface area contributed by atoms with Crippen LogP contribution in [0.25, 0.3) is 0 Å². The lowest BCUT2D eigenvalue weighted by molar-refractivity contribution is -0.384. The van der Waals surface area contributed by atoms with Gasteiger partial charge in [-0.3, -0.25) is 14.3 Å². The van der Waals surface area contributed by atoms with E-state index in [-0.39, 0.29) is 22.6 Å². The summed E-state index contributed by atoms with van der Waals surface area (Å²) in [7, 11) is -3.92. The molecule has 1 heterocycles. The summed E-state index contributed by atoms with van der Waals surface area (Å²) in [5, 5.41) is 10.6. The summed E-state index contributed by atoms with van der Waals surface area (Å²) in [5.74, 6) is 0.479. The molecule has 2 fully saturated rings. The second-order valence-corrected chi connectivity index (χ2v) is 7.30. The Morgan fingerprint density at radius 2 is 1.91 bits per heavy atom. The van der Waals surface area contributed by atoms with Gasteiger partial charge in [-0.05, 0) is 30.9 Å². The highest BCUT2D eigenvalue weighted by molar-refractivity contribution is 7.86. The van der Waals surface area contributed by atoms with E-state index in [1.54, 1.807) is 0 Å². The van der Waals surface area contributed by atoms with Crippen molar-refractivity contribution in [2.24, 2.45) is 11.8 Å². The average Bonchev–Trinajstić information content (AvgIpc) is 2.96. The molecule has 1 aromatic carbocycles. The number of benzene rings is 1. The van der Waals surface area contributed by atoms with Crippen molar-refractivity contribution in [1.82, 2.24) is 0 Å². The number of nitrogens with zero attached hydrogens (tertiary/aromatic N) is 1. The Bertz CT molecular complexity index is 656. The zero-order chi connectivity index (χ0) is 15.7. The lowest BCUT2D eigenvalue weighted by Crippen LogP contribution is -2.35. The lowest BCUT2D eigenvalue weighted by atomic mass is 9.80. The lowest BCUT2D eigenvalue weighted by Gasteiger charge is -2.31. The number of rotatable bonds is 4. The number of hydrogen-bond donors (Lipinski definition) is 0. The van der Waals surface area contributed by atoms with Crippen LogP contribution in [0.1, 0.15) is 19.3 Å². The van der Waals surface area contributed by atoms with Crippen molar-refractivity contribution in [1.29, 1.82) is 0 Å². The molecular weight excluding hydrogens is 310 g/mol. The number of nitro groups is 1. The van der Waals surface area contributed by atoms with Crippen LogP contribution >= 0.6 is 0 Å². The predicted molar refractivity (Wildman–Crippen MR) is 76.8 cm³/mol. The second-order valence-electron chi connectivity index (χ2n) is 5.73. The summed E-state index contributed by atoms with van der Waals surface area (Å²) >= 11 is 0. The van der Waals surface area contributed by atoms with E-state index in [0.29, 0.717) is 25.6 Å². The van der Waals surface area contributed by atoms with E-state index in [9.17, 15) is 18.5 Å². The molecule has 1 aromatic rings. The highest BCUT2D eigenvalue weighted by atomic mass is 32.2. The molecule has 0 radical (unpaired) electrons. The predicted octanol–water partition coefficient (Wildman–Crippen LogP) is 2.12. The zero-order valence-corrected chi connectivity index (χ0v) is 12.7. The van der Waals surface area contributed by atoms with Gasteiger partial charge in [-0.1, -0.05) is 6.42 Å². The molecule has 3 rings (SSSR count). The van der Waals surface area contributed by atoms with Gasteiger partial charge in [0.1, 0.15) is 0 Å². The van der Waals surface area contributed by atoms with Gasteiger partial charge in [0.25, 0.3) is 15.8 Å². The second kappa shape index (κ2) is 5.94. The maximum absolute atomic E-state index is 12.3. The van der Waals surface area contributed by atoms with Crippen LogP contribution in [0, 0.1) is 22.0 Å². The highest BCUT2D eigenvalue weighted by Gasteiger charge is 2.40. The van der Waals surface area contributed by atoms with Crippen LogP contribution in [0.2, 0.25) is 0 Å². The maximum atomic E-state index is 12.3. The molecule has 3 atom stereocenters. The number of fused-ring (bicyclic) bond motifs is 1. The molecule has 0 N–H and O–H groups in total. The van der Waals surface area contributed by atoms with Crippen LogP contribution in [-0.2, 0) is 19.0 Å². The Balaban J connectivity index is 1.76. The molecule has 1 aliphatic carbocycles. The van der Waals surface area contributed by atoms with Crippen molar-refractivity contribution in [3.8, 4) is 0 Å². The van der Waals surface area contributed by atoms with Crippen molar-refractivity contribution >= 4 is 15.8 Å². The Hall–Kier alpha value is -1.51. The molecule has 22 heavy (non-hydrogen) atoms. The SMILES string of the molecule is O=[N+]([O-])c1ccc(S(=O)(=O)O[C@@H]2CCC[C@@H]3COC[C@H]32)cc1. The molecule has 1 saturated carbocycles. The van der Waals surface area contributed by atoms with Crippen LogP contribution in [0.4, 0.5) is 5.69 Å². The third-order valence-corrected chi connectivity index (χ3v) is 5.73. The fourth-order valence-corrected chi connectivity index (χ4v) is 4.34. The Kier molecular flexibility index (Phi) is 4.16. The van der Waals surface area contributed by atoms with Gasteiger partial charge in [0.05, 0.1) is 22.5 Å². The fourth-order valence-electron chi connectivity index (χ4n) is 3.19. The van der Waals surface area contributed by atoms with Crippen LogP contribution in [0.3, 0.4) is 0 Å². The van der Waals surface area contributed by atoms with Crippen molar-refractivity contribution in [3.05, 3.63) is 34.4 Å². The number of hydrogen-bond acceptors (Lipinski definition) is 6. The topological polar surface area (TPSA) is 95.7 Å². The summed E-state index contributed by atoms with van der Waals surface area (Å²) in [6, 6.07) is 4.75. The summed E-state index contributed by atoms with van der Waals surface area (Å²) in [6.45, 7) is 1.20. The van der Waals surface area contributed by atoms with Gasteiger partial charge in [-0.2, -0.15) is 8.42 Å². The normalized spacial score (nSPS) is 28.3. The van der Waals surface area contributed by atoms with Gasteiger partial charge < -0.3 is 4.74 Å². The third-order valence-electron chi connectivity index (χ3n) is 4.38. The zero-order valence-electron chi connectivity index (χ0n) is 11.9. The van der Waals surface area contributed by atoms with Crippen LogP contribution in [0.5, 0.6) is 0 Å². The Morgan fingerprint density at radius 3 is 2.59 bits per heavy atom. The van der Waals surface area contributed by atoms with E-state index >= 15 is 0 Å². The van der Waals surface area contributed by atoms with E-state index in [4.69, 9.17) is 8.92 Å². The van der Waals surface area contributed by atoms with Crippen molar-refractivity contribution in [3.63, 3.8) is 0 Å². The largest absolute Gasteiger partial charge is 0.381 e. The first-order valence-corrected chi connectivity index (χ1v) is 8.64. The van der Waals surface area contributed by atoms with Crippen LogP contribution < -0.4 is 0 Å². The van der Waals surface area contributed by atoms with Crippen molar-refractivity contribution < 1.29 is 22.3 Å². The summed E-state index contributed by atoms with van der Waals surface area (Å²) in [6.07, 6.45) is 2.28. The first-order chi connectivity index (χ1) is 10.5. The monoisotopic (exact) mass is 327 g/mol. The van der Waals surface area contributed by atoms with E-state index in [1.807, 2.05) is 0 Å². The van der Waals surface area contributed by atoms with Gasteiger partial charge in [-0.15, -0.1) is 0 Å². The third kappa shape index (κ3) is 2.99. The van der Waals surface area contributed by atoms with Crippen molar-refractivity contribution in [2.75, 3.05) is 13.2 Å². The van der Waals surface area contributed by atoms with Gasteiger partial charge in [0.2, 0.25) is 0 Å². The van der Waals surface area contributed by atoms with Crippen molar-refractivity contribution in [2.45, 2.75) is 30.3 Å². The molecule has 0 bridgehead atoms. The molecule has 1 aliphatic heterocycles. The van der Waals surface area contributed by atoms with E-state index in [0.717, 1.165) is 12.8 Å². The fraction of sp³-hybridized carbons (Fsp3) is 0.571. The molecule has 8 heteroatoms. The molecule has 0 amide bonds. The van der Waals surface area contributed by atoms with Gasteiger partial charge >= 0.3 is 0 Å². The maximum Gasteiger partial charge on any atom is 0.297 e. The number of non-ortho nitro benzene ring substituents is 1. The first kappa shape index (κ1) is 15.4. The average molecular weight is 327 g/mol. The molecule has 120 valence electrons. The quantitative estimate of drug-likeness (QED) is 0.477. The minimum absolute atomic E-state index is 0.0564. The highest BCUT2D eigenvalue weighted by Crippen LogP contribution is 2.38. The number of nitro benzene ring substituents is 1. The van der Waals surface area contributed by atoms with E-state index < -0.39 is 15.0 Å². The van der Waals surface area contributed by atoms with Crippen LogP contribution in [0.15, 0.2) is 29.2 Å². The van der Waals surface area contributed by atoms with Gasteiger partial charge in [0.15, 0.2) is 0 Å². The minimum atomic E-state index is -3.92. The van der Waals surface area contributed by atoms with E-state index in [2.05, 4.69) is 0 Å². The summed E-state index contributed by atoms with van der Waals surface area (Å²) < 4.78 is 35.5. The Morgan fingerprint density at radius 1 is 1.18 bits per heavy atom. The molecule has 0 aromatic heterocycles. The van der Waals surface area contributed by atoms with Gasteiger partial charge in [-0.25, -0.2) is 0 Å². The summed E-state index contributed by atoms with van der Waals surface area (Å²) in [4.78, 5) is 9.99. The summed E-state index contributed by atoms with van der Waals surface area (Å²) in [5.41, 5.74) is -0.152. The van der Waals surface area contributed by atoms with E-state index in [1.165, 1.54) is 24.3 Å². The molecule has 1 saturated heterocycles. The van der Waals surface area contributed by atoms with Crippen LogP contribution in [-0.4, -0.2) is 32.7 Å². The minimum Gasteiger partial charge on any atom is -0.381 e.